The van der Waals surface area contributed by atoms with Crippen LogP contribution >= 0.6 is 15.9 Å². The normalized spacial score (nSPS) is 12.3. The molecule has 1 heterocycles. The summed E-state index contributed by atoms with van der Waals surface area (Å²) in [5.74, 6) is 0.279. The van der Waals surface area contributed by atoms with Gasteiger partial charge in [-0.15, -0.1) is 0 Å². The minimum absolute atomic E-state index is 0.0992. The van der Waals surface area contributed by atoms with Crippen molar-refractivity contribution >= 4 is 56.3 Å². The van der Waals surface area contributed by atoms with Gasteiger partial charge in [-0.25, -0.2) is 0 Å². The summed E-state index contributed by atoms with van der Waals surface area (Å²) in [6.45, 7) is 4.01. The summed E-state index contributed by atoms with van der Waals surface area (Å²) in [6.07, 6.45) is 4.18. The molecule has 2 atom stereocenters. The van der Waals surface area contributed by atoms with E-state index in [4.69, 9.17) is 4.74 Å². The minimum Gasteiger partial charge on any atom is -0.496 e. The average molecular weight is 647 g/mol. The van der Waals surface area contributed by atoms with Crippen molar-refractivity contribution in [1.82, 2.24) is 15.6 Å². The molecule has 0 fully saturated rings. The number of halogens is 1. The van der Waals surface area contributed by atoms with Crippen LogP contribution in [0, 0.1) is 0 Å². The second kappa shape index (κ2) is 14.8. The lowest BCUT2D eigenvalue weighted by Gasteiger charge is -2.31. The van der Waals surface area contributed by atoms with Crippen molar-refractivity contribution in [2.45, 2.75) is 38.9 Å². The molecular weight excluding hydrogens is 610 g/mol. The third-order valence-corrected chi connectivity index (χ3v) is 7.98. The van der Waals surface area contributed by atoms with Crippen molar-refractivity contribution in [2.75, 3.05) is 30.5 Å². The molecule has 9 nitrogen and oxygen atoms in total. The van der Waals surface area contributed by atoms with E-state index >= 15 is 0 Å². The van der Waals surface area contributed by atoms with Crippen LogP contribution in [0.5, 0.6) is 5.75 Å². The number of rotatable bonds is 13. The number of benzene rings is 3. The second-order valence-corrected chi connectivity index (χ2v) is 11.1. The maximum absolute atomic E-state index is 13.9. The van der Waals surface area contributed by atoms with Gasteiger partial charge in [-0.05, 0) is 73.6 Å². The number of fused-ring (bicyclic) bond motifs is 1. The first-order valence-electron chi connectivity index (χ1n) is 14.0. The third-order valence-electron chi connectivity index (χ3n) is 7.28. The highest BCUT2D eigenvalue weighted by Gasteiger charge is 2.26. The number of anilines is 2. The molecule has 0 bridgehead atoms. The Morgan fingerprint density at radius 2 is 1.77 bits per heavy atom. The molecule has 0 saturated carbocycles. The molecule has 10 heteroatoms. The molecule has 0 aliphatic rings. The van der Waals surface area contributed by atoms with Gasteiger partial charge in [-0.2, -0.15) is 0 Å². The van der Waals surface area contributed by atoms with Gasteiger partial charge in [-0.1, -0.05) is 46.3 Å². The van der Waals surface area contributed by atoms with Crippen LogP contribution in [0.15, 0.2) is 83.6 Å². The number of para-hydroxylation sites is 2. The van der Waals surface area contributed by atoms with Gasteiger partial charge in [0, 0.05) is 35.0 Å². The Morgan fingerprint density at radius 3 is 2.44 bits per heavy atom. The van der Waals surface area contributed by atoms with Crippen molar-refractivity contribution in [2.24, 2.45) is 0 Å². The van der Waals surface area contributed by atoms with E-state index in [9.17, 15) is 14.4 Å². The Morgan fingerprint density at radius 1 is 1.00 bits per heavy atom. The number of carbonyl (C=O) groups is 3. The van der Waals surface area contributed by atoms with E-state index < -0.39 is 6.04 Å². The smallest absolute Gasteiger partial charge is 0.237 e. The molecule has 3 amide bonds. The molecule has 224 valence electrons. The van der Waals surface area contributed by atoms with Crippen molar-refractivity contribution in [3.8, 4) is 5.75 Å². The number of hydrogen-bond donors (Lipinski definition) is 2. The number of methoxy groups -OCH3 is 1. The molecule has 1 unspecified atom stereocenters. The fraction of sp³-hybridized carbons (Fsp3) is 0.273. The van der Waals surface area contributed by atoms with E-state index in [0.717, 1.165) is 32.8 Å². The highest BCUT2D eigenvalue weighted by molar-refractivity contribution is 9.10. The molecule has 4 rings (SSSR count). The van der Waals surface area contributed by atoms with Crippen molar-refractivity contribution in [1.29, 1.82) is 0 Å². The lowest BCUT2D eigenvalue weighted by atomic mass is 10.0. The number of likely N-dealkylation sites (N-methyl/N-ethyl adjacent to an activating group) is 1. The van der Waals surface area contributed by atoms with Gasteiger partial charge < -0.3 is 25.2 Å². The molecular formula is C33H36BrN5O4. The van der Waals surface area contributed by atoms with E-state index in [0.29, 0.717) is 17.1 Å². The number of hydrogen-bond acceptors (Lipinski definition) is 6. The zero-order valence-electron chi connectivity index (χ0n) is 24.7. The van der Waals surface area contributed by atoms with Crippen molar-refractivity contribution in [3.63, 3.8) is 0 Å². The molecule has 43 heavy (non-hydrogen) atoms. The Labute approximate surface area is 260 Å². The molecule has 0 saturated heterocycles. The second-order valence-electron chi connectivity index (χ2n) is 10.3. The fourth-order valence-corrected chi connectivity index (χ4v) is 5.43. The summed E-state index contributed by atoms with van der Waals surface area (Å²) < 4.78 is 6.63. The van der Waals surface area contributed by atoms with Crippen LogP contribution in [-0.2, 0) is 27.3 Å². The molecule has 3 aromatic carbocycles. The molecule has 1 aromatic heterocycles. The number of aromatic nitrogens is 1. The maximum Gasteiger partial charge on any atom is 0.237 e. The highest BCUT2D eigenvalue weighted by atomic mass is 79.9. The third kappa shape index (κ3) is 7.57. The first-order chi connectivity index (χ1) is 20.8. The van der Waals surface area contributed by atoms with Crippen LogP contribution in [0.3, 0.4) is 0 Å². The van der Waals surface area contributed by atoms with Crippen LogP contribution in [-0.4, -0.2) is 56.0 Å². The molecule has 4 aromatic rings. The average Bonchev–Trinajstić information content (AvgIpc) is 3.02. The quantitative estimate of drug-likeness (QED) is 0.201. The maximum atomic E-state index is 13.9. The van der Waals surface area contributed by atoms with E-state index in [-0.39, 0.29) is 37.4 Å². The van der Waals surface area contributed by atoms with Crippen LogP contribution in [0.4, 0.5) is 11.4 Å². The monoisotopic (exact) mass is 645 g/mol. The Balaban J connectivity index is 1.74. The first kappa shape index (κ1) is 31.7. The zero-order chi connectivity index (χ0) is 30.9. The Hall–Kier alpha value is -4.28. The van der Waals surface area contributed by atoms with Crippen LogP contribution in [0.1, 0.15) is 25.0 Å². The predicted octanol–water partition coefficient (Wildman–Crippen LogP) is 4.86. The molecule has 0 radical (unpaired) electrons. The number of nitrogens with zero attached hydrogens (tertiary/aromatic N) is 3. The fourth-order valence-electron chi connectivity index (χ4n) is 4.93. The lowest BCUT2D eigenvalue weighted by Crippen LogP contribution is -2.49. The minimum atomic E-state index is -0.393. The number of carbonyl (C=O) groups excluding carboxylic acids is 3. The summed E-state index contributed by atoms with van der Waals surface area (Å²) in [5.41, 5.74) is 2.69. The largest absolute Gasteiger partial charge is 0.496 e. The number of nitrogens with one attached hydrogen (secondary N) is 2. The van der Waals surface area contributed by atoms with Crippen molar-refractivity contribution < 1.29 is 19.1 Å². The van der Waals surface area contributed by atoms with Gasteiger partial charge >= 0.3 is 0 Å². The predicted molar refractivity (Wildman–Crippen MR) is 173 cm³/mol. The topological polar surface area (TPSA) is 104 Å². The number of ether oxygens (including phenoxy) is 1. The van der Waals surface area contributed by atoms with Gasteiger partial charge in [0.15, 0.2) is 0 Å². The Bertz CT molecular complexity index is 1580. The highest BCUT2D eigenvalue weighted by Crippen LogP contribution is 2.36. The summed E-state index contributed by atoms with van der Waals surface area (Å²) in [5, 5.41) is 7.85. The van der Waals surface area contributed by atoms with Crippen LogP contribution in [0.2, 0.25) is 0 Å². The molecule has 0 aliphatic carbocycles. The summed E-state index contributed by atoms with van der Waals surface area (Å²) in [7, 11) is 3.32. The van der Waals surface area contributed by atoms with E-state index in [1.54, 1.807) is 49.3 Å². The van der Waals surface area contributed by atoms with Gasteiger partial charge in [0.05, 0.1) is 37.5 Å². The van der Waals surface area contributed by atoms with E-state index in [2.05, 4.69) is 31.5 Å². The van der Waals surface area contributed by atoms with Crippen LogP contribution in [0.25, 0.3) is 10.8 Å². The van der Waals surface area contributed by atoms with Gasteiger partial charge in [0.25, 0.3) is 0 Å². The SMILES string of the molecule is CN[C@@H](C)C(=O)NC(C)CN(C(=O)Cc1cccnc1)c1ccccc1N(C=O)Cc1c(OC)ccc2c(Br)cccc12. The summed E-state index contributed by atoms with van der Waals surface area (Å²) >= 11 is 3.63. The van der Waals surface area contributed by atoms with E-state index in [1.165, 1.54) is 0 Å². The van der Waals surface area contributed by atoms with Gasteiger partial charge in [-0.3, -0.25) is 19.4 Å². The molecule has 2 N–H and O–H groups in total. The van der Waals surface area contributed by atoms with E-state index in [1.807, 2.05) is 67.6 Å². The summed E-state index contributed by atoms with van der Waals surface area (Å²) in [6, 6.07) is 19.9. The molecule has 0 spiro atoms. The Kier molecular flexibility index (Phi) is 10.9. The van der Waals surface area contributed by atoms with Gasteiger partial charge in [0.1, 0.15) is 5.75 Å². The van der Waals surface area contributed by atoms with Crippen molar-refractivity contribution in [3.05, 3.63) is 94.7 Å². The standard InChI is InChI=1S/C33H36BrN5O4/c1-22(37-33(42)23(2)35-3)19-39(32(41)17-24-9-8-16-36-18-24)30-13-6-5-12-29(30)38(21-40)20-27-25-10-7-11-28(34)26(25)14-15-31(27)43-4/h5-16,18,21-23,35H,17,19-20H2,1-4H3,(H,37,42)/t22?,23-/m0/s1. The lowest BCUT2D eigenvalue weighted by molar-refractivity contribution is -0.123. The van der Waals surface area contributed by atoms with Crippen LogP contribution < -0.4 is 25.2 Å². The number of pyridine rings is 1. The first-order valence-corrected chi connectivity index (χ1v) is 14.8. The summed E-state index contributed by atoms with van der Waals surface area (Å²) in [4.78, 5) is 46.6. The number of amides is 3. The zero-order valence-corrected chi connectivity index (χ0v) is 26.3. The molecule has 0 aliphatic heterocycles. The van der Waals surface area contributed by atoms with Gasteiger partial charge in [0.2, 0.25) is 18.2 Å².